The van der Waals surface area contributed by atoms with Crippen molar-refractivity contribution in [1.29, 1.82) is 0 Å². The van der Waals surface area contributed by atoms with Crippen molar-refractivity contribution >= 4 is 16.0 Å². The van der Waals surface area contributed by atoms with Crippen molar-refractivity contribution in [3.63, 3.8) is 0 Å². The number of carbonyl (C=O) groups is 1. The Hall–Kier alpha value is -1.54. The molecule has 5 nitrogen and oxygen atoms in total. The number of rotatable bonds is 3. The average molecular weight is 319 g/mol. The first kappa shape index (κ1) is 15.8. The largest absolute Gasteiger partial charge is 0.481 e. The number of benzene rings is 1. The number of piperidine rings is 1. The Morgan fingerprint density at radius 3 is 2.62 bits per heavy atom. The Bertz CT molecular complexity index is 675. The second kappa shape index (κ2) is 5.69. The Labute approximate surface area is 121 Å². The maximum absolute atomic E-state index is 13.8. The highest BCUT2D eigenvalue weighted by Gasteiger charge is 2.34. The van der Waals surface area contributed by atoms with Crippen LogP contribution < -0.4 is 0 Å². The van der Waals surface area contributed by atoms with E-state index >= 15 is 0 Å². The van der Waals surface area contributed by atoms with Crippen LogP contribution in [-0.2, 0) is 14.8 Å². The van der Waals surface area contributed by atoms with Gasteiger partial charge >= 0.3 is 5.97 Å². The lowest BCUT2D eigenvalue weighted by Gasteiger charge is -2.30. The molecule has 2 rings (SSSR count). The van der Waals surface area contributed by atoms with Gasteiger partial charge in [0.2, 0.25) is 10.0 Å². The summed E-state index contributed by atoms with van der Waals surface area (Å²) in [6.45, 7) is 1.26. The fourth-order valence-electron chi connectivity index (χ4n) is 2.33. The van der Waals surface area contributed by atoms with Gasteiger partial charge in [-0.25, -0.2) is 17.2 Å². The van der Waals surface area contributed by atoms with Crippen molar-refractivity contribution in [2.45, 2.75) is 24.7 Å². The van der Waals surface area contributed by atoms with E-state index in [1.807, 2.05) is 0 Å². The van der Waals surface area contributed by atoms with E-state index in [4.69, 9.17) is 5.11 Å². The molecule has 0 bridgehead atoms. The van der Waals surface area contributed by atoms with Crippen LogP contribution in [0, 0.1) is 24.5 Å². The van der Waals surface area contributed by atoms with Crippen LogP contribution in [0.4, 0.5) is 8.78 Å². The molecule has 0 aromatic heterocycles. The van der Waals surface area contributed by atoms with Crippen LogP contribution in [0.2, 0.25) is 0 Å². The summed E-state index contributed by atoms with van der Waals surface area (Å²) in [4.78, 5) is 10.4. The minimum Gasteiger partial charge on any atom is -0.481 e. The quantitative estimate of drug-likeness (QED) is 0.921. The van der Waals surface area contributed by atoms with Crippen LogP contribution in [-0.4, -0.2) is 36.9 Å². The first-order valence-corrected chi connectivity index (χ1v) is 7.86. The number of sulfonamides is 1. The monoisotopic (exact) mass is 319 g/mol. The molecule has 1 aromatic carbocycles. The summed E-state index contributed by atoms with van der Waals surface area (Å²) in [5.74, 6) is -3.88. The highest BCUT2D eigenvalue weighted by atomic mass is 32.2. The number of aryl methyl sites for hydroxylation is 1. The third-order valence-corrected chi connectivity index (χ3v) is 5.44. The zero-order valence-corrected chi connectivity index (χ0v) is 12.2. The molecule has 21 heavy (non-hydrogen) atoms. The third-order valence-electron chi connectivity index (χ3n) is 3.56. The highest BCUT2D eigenvalue weighted by molar-refractivity contribution is 7.89. The first-order chi connectivity index (χ1) is 9.73. The lowest BCUT2D eigenvalue weighted by Crippen LogP contribution is -2.42. The van der Waals surface area contributed by atoms with Crippen LogP contribution >= 0.6 is 0 Å². The number of halogens is 2. The molecule has 1 N–H and O–H groups in total. The SMILES string of the molecule is Cc1cc(S(=O)(=O)N2CCCC(C(=O)O)C2)c(F)cc1F. The van der Waals surface area contributed by atoms with Crippen molar-refractivity contribution in [2.24, 2.45) is 5.92 Å². The van der Waals surface area contributed by atoms with E-state index in [9.17, 15) is 22.0 Å². The van der Waals surface area contributed by atoms with Gasteiger partial charge in [-0.1, -0.05) is 0 Å². The van der Waals surface area contributed by atoms with E-state index < -0.39 is 38.4 Å². The summed E-state index contributed by atoms with van der Waals surface area (Å²) in [6.07, 6.45) is 0.768. The highest BCUT2D eigenvalue weighted by Crippen LogP contribution is 2.27. The van der Waals surface area contributed by atoms with Crippen molar-refractivity contribution in [3.8, 4) is 0 Å². The summed E-state index contributed by atoms with van der Waals surface area (Å²) >= 11 is 0. The fourth-order valence-corrected chi connectivity index (χ4v) is 3.98. The van der Waals surface area contributed by atoms with Gasteiger partial charge < -0.3 is 5.11 Å². The Morgan fingerprint density at radius 1 is 1.33 bits per heavy atom. The molecule has 0 spiro atoms. The molecule has 1 fully saturated rings. The summed E-state index contributed by atoms with van der Waals surface area (Å²) in [5, 5.41) is 8.98. The summed E-state index contributed by atoms with van der Waals surface area (Å²) < 4.78 is 52.8. The van der Waals surface area contributed by atoms with Gasteiger partial charge in [-0.15, -0.1) is 0 Å². The predicted molar refractivity (Wildman–Crippen MR) is 70.2 cm³/mol. The van der Waals surface area contributed by atoms with Crippen molar-refractivity contribution in [2.75, 3.05) is 13.1 Å². The predicted octanol–water partition coefficient (Wildman–Crippen LogP) is 1.76. The van der Waals surface area contributed by atoms with Gasteiger partial charge in [0.15, 0.2) is 0 Å². The van der Waals surface area contributed by atoms with Gasteiger partial charge in [0.05, 0.1) is 5.92 Å². The fraction of sp³-hybridized carbons (Fsp3) is 0.462. The number of carboxylic acids is 1. The van der Waals surface area contributed by atoms with Crippen LogP contribution in [0.15, 0.2) is 17.0 Å². The topological polar surface area (TPSA) is 74.7 Å². The van der Waals surface area contributed by atoms with E-state index in [1.165, 1.54) is 6.92 Å². The zero-order chi connectivity index (χ0) is 15.8. The van der Waals surface area contributed by atoms with Gasteiger partial charge in [-0.05, 0) is 31.4 Å². The number of carboxylic acid groups (broad SMARTS) is 1. The van der Waals surface area contributed by atoms with Crippen LogP contribution in [0.25, 0.3) is 0 Å². The standard InChI is InChI=1S/C13H15F2NO4S/c1-8-5-12(11(15)6-10(8)14)21(19,20)16-4-2-3-9(7-16)13(17)18/h5-6,9H,2-4,7H2,1H3,(H,17,18). The molecule has 1 atom stereocenters. The number of hydrogen-bond donors (Lipinski definition) is 1. The molecule has 0 aliphatic carbocycles. The summed E-state index contributed by atoms with van der Waals surface area (Å²) in [6, 6.07) is 1.46. The third kappa shape index (κ3) is 3.06. The number of nitrogens with zero attached hydrogens (tertiary/aromatic N) is 1. The molecule has 0 radical (unpaired) electrons. The second-order valence-corrected chi connectivity index (χ2v) is 6.98. The van der Waals surface area contributed by atoms with Gasteiger partial charge in [-0.3, -0.25) is 4.79 Å². The number of hydrogen-bond acceptors (Lipinski definition) is 3. The maximum Gasteiger partial charge on any atom is 0.307 e. The Balaban J connectivity index is 2.38. The van der Waals surface area contributed by atoms with Crippen LogP contribution in [0.5, 0.6) is 0 Å². The normalized spacial score (nSPS) is 20.4. The van der Waals surface area contributed by atoms with E-state index in [2.05, 4.69) is 0 Å². The van der Waals surface area contributed by atoms with Crippen molar-refractivity contribution < 1.29 is 27.1 Å². The van der Waals surface area contributed by atoms with Crippen LogP contribution in [0.1, 0.15) is 18.4 Å². The molecule has 0 amide bonds. The molecule has 1 heterocycles. The summed E-state index contributed by atoms with van der Waals surface area (Å²) in [5.41, 5.74) is 0.0155. The van der Waals surface area contributed by atoms with E-state index in [0.29, 0.717) is 18.9 Å². The van der Waals surface area contributed by atoms with E-state index in [1.54, 1.807) is 0 Å². The molecule has 0 saturated carbocycles. The maximum atomic E-state index is 13.8. The molecule has 1 unspecified atom stereocenters. The molecular formula is C13H15F2NO4S. The van der Waals surface area contributed by atoms with E-state index in [0.717, 1.165) is 10.4 Å². The van der Waals surface area contributed by atoms with Crippen LogP contribution in [0.3, 0.4) is 0 Å². The van der Waals surface area contributed by atoms with Gasteiger partial charge in [-0.2, -0.15) is 4.31 Å². The molecular weight excluding hydrogens is 304 g/mol. The minimum absolute atomic E-state index is 0.0155. The number of aliphatic carboxylic acids is 1. The van der Waals surface area contributed by atoms with Gasteiger partial charge in [0.1, 0.15) is 16.5 Å². The zero-order valence-electron chi connectivity index (χ0n) is 11.3. The van der Waals surface area contributed by atoms with E-state index in [-0.39, 0.29) is 18.7 Å². The minimum atomic E-state index is -4.17. The molecule has 8 heteroatoms. The van der Waals surface area contributed by atoms with Gasteiger partial charge in [0, 0.05) is 19.2 Å². The van der Waals surface area contributed by atoms with Crippen molar-refractivity contribution in [1.82, 2.24) is 4.31 Å². The molecule has 1 aliphatic rings. The molecule has 1 saturated heterocycles. The van der Waals surface area contributed by atoms with Crippen molar-refractivity contribution in [3.05, 3.63) is 29.3 Å². The first-order valence-electron chi connectivity index (χ1n) is 6.42. The lowest BCUT2D eigenvalue weighted by atomic mass is 10.0. The smallest absolute Gasteiger partial charge is 0.307 e. The molecule has 116 valence electrons. The summed E-state index contributed by atoms with van der Waals surface area (Å²) in [7, 11) is -4.17. The Morgan fingerprint density at radius 2 is 2.00 bits per heavy atom. The Kier molecular flexibility index (Phi) is 4.29. The van der Waals surface area contributed by atoms with Gasteiger partial charge in [0.25, 0.3) is 0 Å². The average Bonchev–Trinajstić information content (AvgIpc) is 2.42. The molecule has 1 aliphatic heterocycles. The second-order valence-electron chi connectivity index (χ2n) is 5.07. The molecule has 1 aromatic rings. The lowest BCUT2D eigenvalue weighted by molar-refractivity contribution is -0.142.